The summed E-state index contributed by atoms with van der Waals surface area (Å²) in [6.45, 7) is 8.97. The van der Waals surface area contributed by atoms with Crippen LogP contribution in [0.15, 0.2) is 0 Å². The molecule has 0 aromatic carbocycles. The lowest BCUT2D eigenvalue weighted by molar-refractivity contribution is -0.140. The Labute approximate surface area is 153 Å². The van der Waals surface area contributed by atoms with E-state index in [9.17, 15) is 15.0 Å². The summed E-state index contributed by atoms with van der Waals surface area (Å²) in [6.07, 6.45) is 8.14. The van der Waals surface area contributed by atoms with E-state index in [4.69, 9.17) is 0 Å². The fourth-order valence-corrected chi connectivity index (χ4v) is 3.78. The van der Waals surface area contributed by atoms with Gasteiger partial charge in [-0.15, -0.1) is 0 Å². The molecule has 5 heteroatoms. The molecule has 2 rings (SSSR count). The Kier molecular flexibility index (Phi) is 7.71. The van der Waals surface area contributed by atoms with Crippen molar-refractivity contribution in [3.63, 3.8) is 0 Å². The molecular weight excluding hydrogens is 316 g/mol. The smallest absolute Gasteiger partial charge is 0.228 e. The van der Waals surface area contributed by atoms with Gasteiger partial charge < -0.3 is 15.1 Å². The highest BCUT2D eigenvalue weighted by Gasteiger charge is 2.36. The van der Waals surface area contributed by atoms with E-state index in [1.54, 1.807) is 0 Å². The van der Waals surface area contributed by atoms with Crippen LogP contribution < -0.4 is 0 Å². The summed E-state index contributed by atoms with van der Waals surface area (Å²) >= 11 is 0. The van der Waals surface area contributed by atoms with Crippen molar-refractivity contribution < 1.29 is 15.0 Å². The molecule has 0 aromatic rings. The van der Waals surface area contributed by atoms with Crippen molar-refractivity contribution in [3.8, 4) is 0 Å². The quantitative estimate of drug-likeness (QED) is 0.624. The third-order valence-corrected chi connectivity index (χ3v) is 5.51. The average molecular weight is 355 g/mol. The normalized spacial score (nSPS) is 25.2. The molecule has 0 aromatic heterocycles. The summed E-state index contributed by atoms with van der Waals surface area (Å²) in [7, 11) is 0. The molecule has 1 aliphatic heterocycles. The van der Waals surface area contributed by atoms with Crippen LogP contribution in [-0.2, 0) is 4.79 Å². The van der Waals surface area contributed by atoms with Crippen LogP contribution in [0.5, 0.6) is 0 Å². The lowest BCUT2D eigenvalue weighted by Gasteiger charge is -2.36. The number of rotatable bonds is 9. The lowest BCUT2D eigenvalue weighted by atomic mass is 9.94. The predicted molar refractivity (Wildman–Crippen MR) is 100 cm³/mol. The fraction of sp³-hybridized carbons (Fsp3) is 0.950. The standard InChI is InChI=1S/C20H38N2O3/c1-20(2,3)19(25)22(16-8-9-16)12-7-5-4-6-11-21-13-10-18(24)14-17(21)15-23/h16-18,23-24H,4-15H2,1-3H3. The fourth-order valence-electron chi connectivity index (χ4n) is 3.78. The first-order chi connectivity index (χ1) is 11.8. The number of aliphatic hydroxyl groups excluding tert-OH is 2. The van der Waals surface area contributed by atoms with Crippen LogP contribution in [0, 0.1) is 5.41 Å². The second-order valence-corrected chi connectivity index (χ2v) is 8.94. The van der Waals surface area contributed by atoms with E-state index >= 15 is 0 Å². The van der Waals surface area contributed by atoms with Crippen molar-refractivity contribution in [3.05, 3.63) is 0 Å². The zero-order chi connectivity index (χ0) is 18.4. The van der Waals surface area contributed by atoms with E-state index in [2.05, 4.69) is 9.80 Å². The molecule has 0 radical (unpaired) electrons. The summed E-state index contributed by atoms with van der Waals surface area (Å²) in [5, 5.41) is 19.2. The lowest BCUT2D eigenvalue weighted by Crippen LogP contribution is -2.46. The molecule has 2 atom stereocenters. The molecule has 0 spiro atoms. The number of amides is 1. The average Bonchev–Trinajstić information content (AvgIpc) is 3.38. The van der Waals surface area contributed by atoms with E-state index in [0.29, 0.717) is 18.4 Å². The first-order valence-corrected chi connectivity index (χ1v) is 10.2. The summed E-state index contributed by atoms with van der Waals surface area (Å²) in [4.78, 5) is 17.0. The number of hydrogen-bond acceptors (Lipinski definition) is 4. The van der Waals surface area contributed by atoms with Crippen LogP contribution in [0.2, 0.25) is 0 Å². The van der Waals surface area contributed by atoms with Crippen molar-refractivity contribution in [2.75, 3.05) is 26.2 Å². The molecule has 146 valence electrons. The van der Waals surface area contributed by atoms with Gasteiger partial charge in [-0.1, -0.05) is 33.6 Å². The third-order valence-electron chi connectivity index (χ3n) is 5.51. The van der Waals surface area contributed by atoms with Crippen molar-refractivity contribution in [1.29, 1.82) is 0 Å². The van der Waals surface area contributed by atoms with Gasteiger partial charge in [0.1, 0.15) is 0 Å². The topological polar surface area (TPSA) is 64.0 Å². The van der Waals surface area contributed by atoms with E-state index in [0.717, 1.165) is 45.3 Å². The van der Waals surface area contributed by atoms with Crippen LogP contribution in [-0.4, -0.2) is 70.3 Å². The van der Waals surface area contributed by atoms with Crippen molar-refractivity contribution in [1.82, 2.24) is 9.80 Å². The van der Waals surface area contributed by atoms with Gasteiger partial charge >= 0.3 is 0 Å². The van der Waals surface area contributed by atoms with Crippen LogP contribution in [0.3, 0.4) is 0 Å². The SMILES string of the molecule is CC(C)(C)C(=O)N(CCCCCCN1CCC(O)CC1CO)C1CC1. The first kappa shape index (κ1) is 20.7. The highest BCUT2D eigenvalue weighted by molar-refractivity contribution is 5.82. The van der Waals surface area contributed by atoms with Gasteiger partial charge in [-0.3, -0.25) is 9.69 Å². The maximum atomic E-state index is 12.5. The number of likely N-dealkylation sites (tertiary alicyclic amines) is 1. The zero-order valence-electron chi connectivity index (χ0n) is 16.4. The summed E-state index contributed by atoms with van der Waals surface area (Å²) in [5.74, 6) is 0.299. The van der Waals surface area contributed by atoms with Gasteiger partial charge in [-0.2, -0.15) is 0 Å². The van der Waals surface area contributed by atoms with Crippen molar-refractivity contribution in [2.24, 2.45) is 5.41 Å². The molecule has 1 aliphatic carbocycles. The van der Waals surface area contributed by atoms with Gasteiger partial charge in [-0.05, 0) is 45.1 Å². The van der Waals surface area contributed by atoms with E-state index in [-0.39, 0.29) is 24.2 Å². The summed E-state index contributed by atoms with van der Waals surface area (Å²) in [5.41, 5.74) is -0.277. The number of carbonyl (C=O) groups excluding carboxylic acids is 1. The molecule has 5 nitrogen and oxygen atoms in total. The maximum Gasteiger partial charge on any atom is 0.228 e. The maximum absolute atomic E-state index is 12.5. The van der Waals surface area contributed by atoms with Gasteiger partial charge in [0.2, 0.25) is 5.91 Å². The van der Waals surface area contributed by atoms with Gasteiger partial charge in [0.15, 0.2) is 0 Å². The number of aliphatic hydroxyl groups is 2. The monoisotopic (exact) mass is 354 g/mol. The molecule has 2 fully saturated rings. The molecule has 1 amide bonds. The van der Waals surface area contributed by atoms with Crippen LogP contribution in [0.1, 0.15) is 72.1 Å². The van der Waals surface area contributed by atoms with Crippen LogP contribution >= 0.6 is 0 Å². The molecule has 1 saturated carbocycles. The number of piperidine rings is 1. The largest absolute Gasteiger partial charge is 0.395 e. The second kappa shape index (κ2) is 9.33. The Morgan fingerprint density at radius 2 is 1.80 bits per heavy atom. The number of unbranched alkanes of at least 4 members (excludes halogenated alkanes) is 3. The Hall–Kier alpha value is -0.650. The summed E-state index contributed by atoms with van der Waals surface area (Å²) in [6, 6.07) is 0.621. The van der Waals surface area contributed by atoms with E-state index in [1.807, 2.05) is 20.8 Å². The zero-order valence-corrected chi connectivity index (χ0v) is 16.4. The Bertz CT molecular complexity index is 418. The second-order valence-electron chi connectivity index (χ2n) is 8.94. The summed E-state index contributed by atoms with van der Waals surface area (Å²) < 4.78 is 0. The molecule has 25 heavy (non-hydrogen) atoms. The molecule has 1 heterocycles. The molecule has 2 N–H and O–H groups in total. The van der Waals surface area contributed by atoms with Gasteiger partial charge in [0, 0.05) is 30.6 Å². The Morgan fingerprint density at radius 1 is 1.12 bits per heavy atom. The van der Waals surface area contributed by atoms with Gasteiger partial charge in [-0.25, -0.2) is 0 Å². The van der Waals surface area contributed by atoms with Crippen molar-refractivity contribution >= 4 is 5.91 Å². The number of carbonyl (C=O) groups is 1. The minimum absolute atomic E-state index is 0.124. The van der Waals surface area contributed by atoms with Crippen LogP contribution in [0.25, 0.3) is 0 Å². The van der Waals surface area contributed by atoms with E-state index < -0.39 is 0 Å². The van der Waals surface area contributed by atoms with Gasteiger partial charge in [0.05, 0.1) is 12.7 Å². The predicted octanol–water partition coefficient (Wildman–Crippen LogP) is 2.40. The van der Waals surface area contributed by atoms with Crippen LogP contribution in [0.4, 0.5) is 0 Å². The minimum Gasteiger partial charge on any atom is -0.395 e. The highest BCUT2D eigenvalue weighted by atomic mass is 16.3. The number of nitrogens with zero attached hydrogens (tertiary/aromatic N) is 2. The van der Waals surface area contributed by atoms with Crippen molar-refractivity contribution in [2.45, 2.75) is 90.3 Å². The Morgan fingerprint density at radius 3 is 2.40 bits per heavy atom. The highest BCUT2D eigenvalue weighted by Crippen LogP contribution is 2.31. The first-order valence-electron chi connectivity index (χ1n) is 10.2. The number of hydrogen-bond donors (Lipinski definition) is 2. The molecule has 1 saturated heterocycles. The molecule has 0 bridgehead atoms. The third kappa shape index (κ3) is 6.54. The minimum atomic E-state index is -0.277. The molecule has 2 aliphatic rings. The van der Waals surface area contributed by atoms with E-state index in [1.165, 1.54) is 19.3 Å². The van der Waals surface area contributed by atoms with Gasteiger partial charge in [0.25, 0.3) is 0 Å². The molecule has 2 unspecified atom stereocenters. The molecular formula is C20H38N2O3. The Balaban J connectivity index is 1.61.